The Morgan fingerprint density at radius 1 is 1.50 bits per heavy atom. The van der Waals surface area contributed by atoms with E-state index in [1.807, 2.05) is 18.4 Å². The Morgan fingerprint density at radius 2 is 2.20 bits per heavy atom. The molecule has 0 fully saturated rings. The number of nitrogens with one attached hydrogen (secondary N) is 1. The van der Waals surface area contributed by atoms with E-state index in [-0.39, 0.29) is 11.3 Å². The van der Waals surface area contributed by atoms with Crippen molar-refractivity contribution in [1.29, 1.82) is 0 Å². The van der Waals surface area contributed by atoms with E-state index < -0.39 is 6.04 Å². The highest BCUT2D eigenvalue weighted by atomic mass is 79.9. The summed E-state index contributed by atoms with van der Waals surface area (Å²) in [5.41, 5.74) is 6.92. The normalized spacial score (nSPS) is 13.1. The molecule has 0 saturated carbocycles. The molecule has 1 rings (SSSR count). The van der Waals surface area contributed by atoms with E-state index >= 15 is 0 Å². The van der Waals surface area contributed by atoms with Crippen molar-refractivity contribution in [1.82, 2.24) is 5.32 Å². The smallest absolute Gasteiger partial charge is 0.236 e. The highest BCUT2D eigenvalue weighted by Gasteiger charge is 2.23. The minimum Gasteiger partial charge on any atom is -0.354 e. The van der Waals surface area contributed by atoms with Crippen LogP contribution in [-0.2, 0) is 10.2 Å². The maximum absolute atomic E-state index is 11.9. The van der Waals surface area contributed by atoms with Crippen LogP contribution >= 0.6 is 27.7 Å². The summed E-state index contributed by atoms with van der Waals surface area (Å²) in [7, 11) is 0. The third-order valence-electron chi connectivity index (χ3n) is 3.28. The molecule has 0 radical (unpaired) electrons. The molecule has 0 aromatic heterocycles. The average molecular weight is 359 g/mol. The summed E-state index contributed by atoms with van der Waals surface area (Å²) in [5, 5.41) is 2.96. The van der Waals surface area contributed by atoms with Crippen molar-refractivity contribution in [3.8, 4) is 0 Å². The maximum Gasteiger partial charge on any atom is 0.236 e. The number of carbonyl (C=O) groups excluding carboxylic acids is 1. The van der Waals surface area contributed by atoms with Gasteiger partial charge in [0.2, 0.25) is 5.91 Å². The molecule has 0 bridgehead atoms. The van der Waals surface area contributed by atoms with E-state index in [9.17, 15) is 4.79 Å². The summed E-state index contributed by atoms with van der Waals surface area (Å²) >= 11 is 5.18. The third-order valence-corrected chi connectivity index (χ3v) is 4.42. The van der Waals surface area contributed by atoms with E-state index in [2.05, 4.69) is 47.2 Å². The van der Waals surface area contributed by atoms with Crippen LogP contribution in [0.25, 0.3) is 0 Å². The summed E-state index contributed by atoms with van der Waals surface area (Å²) < 4.78 is 1.05. The van der Waals surface area contributed by atoms with Gasteiger partial charge >= 0.3 is 0 Å². The van der Waals surface area contributed by atoms with Crippen LogP contribution in [0.3, 0.4) is 0 Å². The van der Waals surface area contributed by atoms with Crippen LogP contribution < -0.4 is 11.1 Å². The van der Waals surface area contributed by atoms with Gasteiger partial charge in [0.1, 0.15) is 0 Å². The minimum atomic E-state index is -0.416. The number of rotatable bonds is 7. The summed E-state index contributed by atoms with van der Waals surface area (Å²) in [6.45, 7) is 4.81. The molecule has 3 N–H and O–H groups in total. The van der Waals surface area contributed by atoms with Crippen LogP contribution in [0.4, 0.5) is 0 Å². The molecule has 0 spiro atoms. The van der Waals surface area contributed by atoms with Gasteiger partial charge in [0.05, 0.1) is 6.04 Å². The quantitative estimate of drug-likeness (QED) is 0.787. The molecule has 1 atom stereocenters. The molecule has 1 amide bonds. The molecule has 0 aliphatic carbocycles. The summed E-state index contributed by atoms with van der Waals surface area (Å²) in [4.78, 5) is 11.9. The number of carbonyl (C=O) groups is 1. The number of nitrogens with two attached hydrogens (primary N) is 1. The second-order valence-electron chi connectivity index (χ2n) is 5.50. The van der Waals surface area contributed by atoms with Crippen molar-refractivity contribution in [3.63, 3.8) is 0 Å². The molecule has 3 nitrogen and oxygen atoms in total. The molecule has 0 heterocycles. The van der Waals surface area contributed by atoms with Gasteiger partial charge in [-0.15, -0.1) is 0 Å². The van der Waals surface area contributed by atoms with Crippen molar-refractivity contribution in [2.75, 3.05) is 18.6 Å². The maximum atomic E-state index is 11.9. The fourth-order valence-corrected chi connectivity index (χ4v) is 2.72. The Morgan fingerprint density at radius 3 is 2.80 bits per heavy atom. The summed E-state index contributed by atoms with van der Waals surface area (Å²) in [5.74, 6) is 0.839. The summed E-state index contributed by atoms with van der Waals surface area (Å²) in [6.07, 6.45) is 2.73. The zero-order valence-corrected chi connectivity index (χ0v) is 14.7. The average Bonchev–Trinajstić information content (AvgIpc) is 2.42. The molecule has 112 valence electrons. The molecule has 1 aromatic carbocycles. The third kappa shape index (κ3) is 5.46. The number of halogens is 1. The molecule has 0 saturated heterocycles. The number of hydrogen-bond donors (Lipinski definition) is 2. The Labute approximate surface area is 134 Å². The molecular formula is C15H23BrN2OS. The van der Waals surface area contributed by atoms with Crippen molar-refractivity contribution in [3.05, 3.63) is 34.3 Å². The highest BCUT2D eigenvalue weighted by Crippen LogP contribution is 2.25. The van der Waals surface area contributed by atoms with Crippen molar-refractivity contribution >= 4 is 33.6 Å². The van der Waals surface area contributed by atoms with Gasteiger partial charge in [0.15, 0.2) is 0 Å². The van der Waals surface area contributed by atoms with E-state index in [0.29, 0.717) is 13.0 Å². The highest BCUT2D eigenvalue weighted by molar-refractivity contribution is 9.10. The van der Waals surface area contributed by atoms with Crippen LogP contribution in [0.5, 0.6) is 0 Å². The second kappa shape index (κ2) is 8.05. The molecule has 0 unspecified atom stereocenters. The van der Waals surface area contributed by atoms with Gasteiger partial charge in [-0.2, -0.15) is 11.8 Å². The van der Waals surface area contributed by atoms with Crippen LogP contribution in [0.1, 0.15) is 25.8 Å². The van der Waals surface area contributed by atoms with Gasteiger partial charge < -0.3 is 11.1 Å². The van der Waals surface area contributed by atoms with Crippen molar-refractivity contribution in [2.24, 2.45) is 5.73 Å². The van der Waals surface area contributed by atoms with Gasteiger partial charge in [0.25, 0.3) is 0 Å². The minimum absolute atomic E-state index is 0.0675. The number of thioether (sulfide) groups is 1. The number of hydrogen-bond acceptors (Lipinski definition) is 3. The molecule has 1 aromatic rings. The van der Waals surface area contributed by atoms with E-state index in [0.717, 1.165) is 10.2 Å². The largest absolute Gasteiger partial charge is 0.354 e. The first-order valence-corrected chi connectivity index (χ1v) is 8.84. The van der Waals surface area contributed by atoms with Gasteiger partial charge in [-0.05, 0) is 36.1 Å². The Balaban J connectivity index is 2.57. The monoisotopic (exact) mass is 358 g/mol. The van der Waals surface area contributed by atoms with Crippen molar-refractivity contribution < 1.29 is 4.79 Å². The zero-order valence-electron chi connectivity index (χ0n) is 12.3. The zero-order chi connectivity index (χ0) is 15.2. The molecule has 5 heteroatoms. The van der Waals surface area contributed by atoms with Crippen LogP contribution in [-0.4, -0.2) is 30.5 Å². The van der Waals surface area contributed by atoms with E-state index in [4.69, 9.17) is 5.73 Å². The van der Waals surface area contributed by atoms with Crippen LogP contribution in [0, 0.1) is 0 Å². The van der Waals surface area contributed by atoms with E-state index in [1.165, 1.54) is 5.56 Å². The van der Waals surface area contributed by atoms with Crippen molar-refractivity contribution in [2.45, 2.75) is 31.7 Å². The number of amides is 1. The predicted molar refractivity (Wildman–Crippen MR) is 91.2 cm³/mol. The first-order valence-electron chi connectivity index (χ1n) is 6.65. The lowest BCUT2D eigenvalue weighted by Crippen LogP contribution is -2.45. The summed E-state index contributed by atoms with van der Waals surface area (Å²) in [6, 6.07) is 7.74. The molecule has 20 heavy (non-hydrogen) atoms. The van der Waals surface area contributed by atoms with Crippen LogP contribution in [0.2, 0.25) is 0 Å². The topological polar surface area (TPSA) is 55.1 Å². The first-order chi connectivity index (χ1) is 9.36. The Kier molecular flexibility index (Phi) is 7.06. The lowest BCUT2D eigenvalue weighted by atomic mass is 9.84. The lowest BCUT2D eigenvalue weighted by Gasteiger charge is -2.26. The second-order valence-corrected chi connectivity index (χ2v) is 7.40. The Hall–Kier alpha value is -0.520. The SMILES string of the molecule is CSCC[C@H](N)C(=O)NCC(C)(C)c1cccc(Br)c1. The molecular weight excluding hydrogens is 336 g/mol. The van der Waals surface area contributed by atoms with Gasteiger partial charge in [-0.3, -0.25) is 4.79 Å². The van der Waals surface area contributed by atoms with Gasteiger partial charge in [-0.1, -0.05) is 41.9 Å². The first kappa shape index (κ1) is 17.5. The fraction of sp³-hybridized carbons (Fsp3) is 0.533. The van der Waals surface area contributed by atoms with Crippen LogP contribution in [0.15, 0.2) is 28.7 Å². The standard InChI is InChI=1S/C15H23BrN2OS/c1-15(2,11-5-4-6-12(16)9-11)10-18-14(19)13(17)7-8-20-3/h4-6,9,13H,7-8,10,17H2,1-3H3,(H,18,19)/t13-/m0/s1. The molecule has 0 aliphatic rings. The fourth-order valence-electron chi connectivity index (χ4n) is 1.83. The van der Waals surface area contributed by atoms with Gasteiger partial charge in [0, 0.05) is 16.4 Å². The molecule has 0 aliphatic heterocycles. The number of benzene rings is 1. The lowest BCUT2D eigenvalue weighted by molar-refractivity contribution is -0.122. The van der Waals surface area contributed by atoms with E-state index in [1.54, 1.807) is 11.8 Å². The predicted octanol–water partition coefficient (Wildman–Crippen LogP) is 2.92. The van der Waals surface area contributed by atoms with Gasteiger partial charge in [-0.25, -0.2) is 0 Å². The Bertz CT molecular complexity index is 451.